The maximum atomic E-state index is 13.1. The average molecular weight is 451 g/mol. The molecule has 1 fully saturated rings. The number of hydrogen-bond donors (Lipinski definition) is 0. The number of ether oxygens (including phenoxy) is 2. The highest BCUT2D eigenvalue weighted by atomic mass is 16.6. The van der Waals surface area contributed by atoms with Gasteiger partial charge in [-0.15, -0.1) is 0 Å². The van der Waals surface area contributed by atoms with Gasteiger partial charge in [0, 0.05) is 25.7 Å². The molecule has 0 spiro atoms. The molecule has 0 N–H and O–H groups in total. The number of benzene rings is 2. The number of carbonyl (C=O) groups excluding carboxylic acids is 2. The monoisotopic (exact) mass is 450 g/mol. The number of carbonyl (C=O) groups is 2. The van der Waals surface area contributed by atoms with E-state index in [1.54, 1.807) is 18.0 Å². The normalized spacial score (nSPS) is 15.8. The van der Waals surface area contributed by atoms with Crippen LogP contribution in [0.3, 0.4) is 0 Å². The van der Waals surface area contributed by atoms with Crippen LogP contribution in [0.2, 0.25) is 0 Å². The van der Waals surface area contributed by atoms with Gasteiger partial charge in [-0.2, -0.15) is 0 Å². The summed E-state index contributed by atoms with van der Waals surface area (Å²) in [6, 6.07) is 15.7. The van der Waals surface area contributed by atoms with Crippen molar-refractivity contribution in [2.45, 2.75) is 51.9 Å². The number of amides is 2. The van der Waals surface area contributed by atoms with Crippen LogP contribution < -0.4 is 4.74 Å². The maximum absolute atomic E-state index is 13.1. The zero-order chi connectivity index (χ0) is 24.0. The van der Waals surface area contributed by atoms with Gasteiger partial charge in [-0.25, -0.2) is 4.79 Å². The number of likely N-dealkylation sites (tertiary alicyclic amines) is 1. The molecule has 6 nitrogen and oxygen atoms in total. The molecule has 1 saturated heterocycles. The third-order valence-corrected chi connectivity index (χ3v) is 5.64. The molecule has 1 unspecified atom stereocenters. The third kappa shape index (κ3) is 6.85. The number of rotatable bonds is 7. The predicted molar refractivity (Wildman–Crippen MR) is 130 cm³/mol. The molecule has 3 rings (SSSR count). The second-order valence-corrected chi connectivity index (χ2v) is 9.40. The summed E-state index contributed by atoms with van der Waals surface area (Å²) in [4.78, 5) is 28.9. The van der Waals surface area contributed by atoms with Crippen LogP contribution in [-0.2, 0) is 22.6 Å². The van der Waals surface area contributed by atoms with Gasteiger partial charge in [0.25, 0.3) is 0 Å². The molecule has 2 aromatic rings. The quantitative estimate of drug-likeness (QED) is 0.601. The molecule has 2 aromatic carbocycles. The molecule has 0 radical (unpaired) electrons. The first-order valence-electron chi connectivity index (χ1n) is 11.3. The topological polar surface area (TPSA) is 59.1 Å². The third-order valence-electron chi connectivity index (χ3n) is 5.64. The van der Waals surface area contributed by atoms with E-state index in [0.717, 1.165) is 23.1 Å². The highest BCUT2D eigenvalue weighted by Gasteiger charge is 2.33. The largest absolute Gasteiger partial charge is 0.489 e. The van der Waals surface area contributed by atoms with Crippen LogP contribution in [0.15, 0.2) is 55.1 Å². The van der Waals surface area contributed by atoms with Gasteiger partial charge in [0.1, 0.15) is 18.0 Å². The Morgan fingerprint density at radius 1 is 1.18 bits per heavy atom. The van der Waals surface area contributed by atoms with Gasteiger partial charge in [0.05, 0.1) is 12.5 Å². The van der Waals surface area contributed by atoms with Crippen molar-refractivity contribution in [3.63, 3.8) is 0 Å². The van der Waals surface area contributed by atoms with Crippen LogP contribution in [0.1, 0.15) is 43.9 Å². The van der Waals surface area contributed by atoms with E-state index in [2.05, 4.69) is 6.58 Å². The molecule has 6 heteroatoms. The van der Waals surface area contributed by atoms with Crippen molar-refractivity contribution in [2.24, 2.45) is 0 Å². The predicted octanol–water partition coefficient (Wildman–Crippen LogP) is 4.92. The fourth-order valence-electron chi connectivity index (χ4n) is 3.78. The van der Waals surface area contributed by atoms with E-state index >= 15 is 0 Å². The Morgan fingerprint density at radius 3 is 2.58 bits per heavy atom. The number of likely N-dealkylation sites (N-methyl/N-ethyl adjacent to an activating group) is 1. The lowest BCUT2D eigenvalue weighted by atomic mass is 10.1. The zero-order valence-electron chi connectivity index (χ0n) is 20.0. The molecule has 33 heavy (non-hydrogen) atoms. The highest BCUT2D eigenvalue weighted by Crippen LogP contribution is 2.25. The lowest BCUT2D eigenvalue weighted by molar-refractivity contribution is -0.129. The molecule has 2 amide bonds. The lowest BCUT2D eigenvalue weighted by Gasteiger charge is -2.28. The molecule has 1 aliphatic heterocycles. The Balaban J connectivity index is 1.64. The molecule has 0 saturated carbocycles. The highest BCUT2D eigenvalue weighted by molar-refractivity contribution is 5.80. The minimum absolute atomic E-state index is 0.0147. The molecule has 1 heterocycles. The second kappa shape index (κ2) is 10.6. The molecule has 0 aromatic heterocycles. The summed E-state index contributed by atoms with van der Waals surface area (Å²) in [5, 5.41) is 0. The van der Waals surface area contributed by atoms with Crippen molar-refractivity contribution in [3.05, 3.63) is 71.8 Å². The van der Waals surface area contributed by atoms with E-state index in [0.29, 0.717) is 25.4 Å². The SMILES string of the molecule is C=Cc1ccc(OCc2ccccc2)c(CC(=O)N2CCC(N(C)C(=O)OC(C)(C)C)C2)c1. The first kappa shape index (κ1) is 24.4. The molecule has 176 valence electrons. The number of nitrogens with zero attached hydrogens (tertiary/aromatic N) is 2. The molecular weight excluding hydrogens is 416 g/mol. The fourth-order valence-corrected chi connectivity index (χ4v) is 3.78. The van der Waals surface area contributed by atoms with E-state index in [9.17, 15) is 9.59 Å². The van der Waals surface area contributed by atoms with Gasteiger partial charge in [-0.3, -0.25) is 4.79 Å². The first-order chi connectivity index (χ1) is 15.7. The van der Waals surface area contributed by atoms with Gasteiger partial charge < -0.3 is 19.3 Å². The van der Waals surface area contributed by atoms with Crippen molar-refractivity contribution in [3.8, 4) is 5.75 Å². The minimum atomic E-state index is -0.550. The van der Waals surface area contributed by atoms with E-state index in [1.165, 1.54) is 0 Å². The Hall–Kier alpha value is -3.28. The smallest absolute Gasteiger partial charge is 0.410 e. The van der Waals surface area contributed by atoms with Crippen molar-refractivity contribution in [2.75, 3.05) is 20.1 Å². The molecule has 0 aliphatic carbocycles. The van der Waals surface area contributed by atoms with Crippen LogP contribution in [0.5, 0.6) is 5.75 Å². The maximum Gasteiger partial charge on any atom is 0.410 e. The van der Waals surface area contributed by atoms with Gasteiger partial charge >= 0.3 is 6.09 Å². The van der Waals surface area contributed by atoms with Crippen LogP contribution in [-0.4, -0.2) is 53.6 Å². The summed E-state index contributed by atoms with van der Waals surface area (Å²) in [5.74, 6) is 0.709. The van der Waals surface area contributed by atoms with E-state index in [4.69, 9.17) is 9.47 Å². The summed E-state index contributed by atoms with van der Waals surface area (Å²) >= 11 is 0. The van der Waals surface area contributed by atoms with Crippen LogP contribution >= 0.6 is 0 Å². The summed E-state index contributed by atoms with van der Waals surface area (Å²) in [7, 11) is 1.73. The van der Waals surface area contributed by atoms with E-state index in [1.807, 2.05) is 74.2 Å². The Morgan fingerprint density at radius 2 is 1.91 bits per heavy atom. The Kier molecular flexibility index (Phi) is 7.79. The van der Waals surface area contributed by atoms with Crippen LogP contribution in [0.4, 0.5) is 4.79 Å². The molecular formula is C27H34N2O4. The fraction of sp³-hybridized carbons (Fsp3) is 0.407. The number of hydrogen-bond acceptors (Lipinski definition) is 4. The second-order valence-electron chi connectivity index (χ2n) is 9.40. The molecule has 1 atom stereocenters. The first-order valence-corrected chi connectivity index (χ1v) is 11.3. The summed E-state index contributed by atoms with van der Waals surface area (Å²) < 4.78 is 11.5. The Bertz CT molecular complexity index is 981. The minimum Gasteiger partial charge on any atom is -0.489 e. The zero-order valence-corrected chi connectivity index (χ0v) is 20.0. The summed E-state index contributed by atoms with van der Waals surface area (Å²) in [6.07, 6.45) is 2.36. The van der Waals surface area contributed by atoms with Crippen molar-refractivity contribution >= 4 is 18.1 Å². The van der Waals surface area contributed by atoms with Gasteiger partial charge in [-0.1, -0.05) is 49.1 Å². The average Bonchev–Trinajstić information content (AvgIpc) is 3.27. The summed E-state index contributed by atoms with van der Waals surface area (Å²) in [5.41, 5.74) is 2.28. The van der Waals surface area contributed by atoms with E-state index in [-0.39, 0.29) is 24.5 Å². The molecule has 1 aliphatic rings. The molecule has 0 bridgehead atoms. The van der Waals surface area contributed by atoms with Gasteiger partial charge in [0.2, 0.25) is 5.91 Å². The summed E-state index contributed by atoms with van der Waals surface area (Å²) in [6.45, 7) is 10.9. The van der Waals surface area contributed by atoms with Gasteiger partial charge in [0.15, 0.2) is 0 Å². The standard InChI is InChI=1S/C27H34N2O4/c1-6-20-12-13-24(32-19-21-10-8-7-9-11-21)22(16-20)17-25(30)29-15-14-23(18-29)28(5)26(31)33-27(2,3)4/h6-13,16,23H,1,14-15,17-19H2,2-5H3. The van der Waals surface area contributed by atoms with Crippen molar-refractivity contribution < 1.29 is 19.1 Å². The Labute approximate surface area is 196 Å². The van der Waals surface area contributed by atoms with Crippen molar-refractivity contribution in [1.29, 1.82) is 0 Å². The van der Waals surface area contributed by atoms with Crippen LogP contribution in [0.25, 0.3) is 6.08 Å². The van der Waals surface area contributed by atoms with Crippen molar-refractivity contribution in [1.82, 2.24) is 9.80 Å². The lowest BCUT2D eigenvalue weighted by Crippen LogP contribution is -2.42. The van der Waals surface area contributed by atoms with E-state index < -0.39 is 5.60 Å². The van der Waals surface area contributed by atoms with Gasteiger partial charge in [-0.05, 0) is 50.5 Å². The van der Waals surface area contributed by atoms with Crippen LogP contribution in [0, 0.1) is 0 Å².